The van der Waals surface area contributed by atoms with Gasteiger partial charge in [0.1, 0.15) is 5.82 Å². The molecule has 1 saturated heterocycles. The lowest BCUT2D eigenvalue weighted by molar-refractivity contribution is -0.410. The summed E-state index contributed by atoms with van der Waals surface area (Å²) in [6, 6.07) is 4.77. The van der Waals surface area contributed by atoms with Crippen LogP contribution in [0.15, 0.2) is 18.2 Å². The highest BCUT2D eigenvalue weighted by Crippen LogP contribution is 2.29. The van der Waals surface area contributed by atoms with Gasteiger partial charge in [-0.2, -0.15) is 5.10 Å². The zero-order chi connectivity index (χ0) is 17.3. The molecule has 1 aliphatic heterocycles. The number of carbonyl (C=O) groups is 1. The maximum absolute atomic E-state index is 12.5. The average Bonchev–Trinajstić information content (AvgIpc) is 3.24. The van der Waals surface area contributed by atoms with Crippen LogP contribution in [0, 0.1) is 0 Å². The highest BCUT2D eigenvalue weighted by Gasteiger charge is 2.33. The number of hydrogen-bond acceptors (Lipinski definition) is 3. The number of amides is 1. The summed E-state index contributed by atoms with van der Waals surface area (Å²) in [6.07, 6.45) is 2.13. The molecule has 1 aromatic carbocycles. The van der Waals surface area contributed by atoms with Crippen molar-refractivity contribution in [1.82, 2.24) is 20.1 Å². The highest BCUT2D eigenvalue weighted by atomic mass is 35.5. The molecule has 1 fully saturated rings. The van der Waals surface area contributed by atoms with Crippen LogP contribution in [0.1, 0.15) is 31.5 Å². The van der Waals surface area contributed by atoms with E-state index in [1.807, 2.05) is 11.8 Å². The Balaban J connectivity index is 1.77. The summed E-state index contributed by atoms with van der Waals surface area (Å²) in [4.78, 5) is 18.9. The highest BCUT2D eigenvalue weighted by molar-refractivity contribution is 6.36. The molecule has 1 amide bonds. The molecule has 128 valence electrons. The molecular formula is C16H20Cl2N5O+. The molecule has 0 radical (unpaired) electrons. The number of aromatic amines is 1. The van der Waals surface area contributed by atoms with E-state index >= 15 is 0 Å². The molecule has 8 heteroatoms. The van der Waals surface area contributed by atoms with Crippen LogP contribution in [0.3, 0.4) is 0 Å². The lowest BCUT2D eigenvalue weighted by atomic mass is 10.0. The number of quaternary nitrogens is 1. The van der Waals surface area contributed by atoms with Crippen LogP contribution >= 0.6 is 23.2 Å². The third kappa shape index (κ3) is 3.41. The molecule has 24 heavy (non-hydrogen) atoms. The molecule has 0 aliphatic carbocycles. The van der Waals surface area contributed by atoms with Crippen LogP contribution in [0.2, 0.25) is 10.0 Å². The SMILES string of the molecule is C[C@H](c1nc(-c2ccc(Cl)cc2Cl)n[nH]1)[C@H]([NH3+])C(=O)N1CCCC1. The van der Waals surface area contributed by atoms with Gasteiger partial charge >= 0.3 is 0 Å². The van der Waals surface area contributed by atoms with E-state index in [9.17, 15) is 4.79 Å². The van der Waals surface area contributed by atoms with Gasteiger partial charge < -0.3 is 10.6 Å². The Labute approximate surface area is 150 Å². The topological polar surface area (TPSA) is 89.5 Å². The molecule has 2 aromatic rings. The first kappa shape index (κ1) is 17.2. The molecule has 2 heterocycles. The van der Waals surface area contributed by atoms with Crippen molar-refractivity contribution in [2.75, 3.05) is 13.1 Å². The number of benzene rings is 1. The van der Waals surface area contributed by atoms with E-state index in [1.165, 1.54) is 0 Å². The van der Waals surface area contributed by atoms with Crippen molar-refractivity contribution in [3.8, 4) is 11.4 Å². The van der Waals surface area contributed by atoms with Gasteiger partial charge in [0.05, 0.1) is 10.9 Å². The van der Waals surface area contributed by atoms with Crippen molar-refractivity contribution in [2.45, 2.75) is 31.7 Å². The zero-order valence-electron chi connectivity index (χ0n) is 13.4. The third-order valence-corrected chi connectivity index (χ3v) is 4.99. The normalized spacial score (nSPS) is 17.1. The summed E-state index contributed by atoms with van der Waals surface area (Å²) < 4.78 is 0. The van der Waals surface area contributed by atoms with E-state index in [0.29, 0.717) is 27.3 Å². The van der Waals surface area contributed by atoms with E-state index in [0.717, 1.165) is 25.9 Å². The maximum atomic E-state index is 12.5. The van der Waals surface area contributed by atoms with Gasteiger partial charge in [0.15, 0.2) is 11.9 Å². The first-order chi connectivity index (χ1) is 11.5. The van der Waals surface area contributed by atoms with Gasteiger partial charge in [-0.05, 0) is 38.0 Å². The lowest BCUT2D eigenvalue weighted by Crippen LogP contribution is -2.69. The van der Waals surface area contributed by atoms with Gasteiger partial charge in [-0.1, -0.05) is 23.2 Å². The van der Waals surface area contributed by atoms with Crippen molar-refractivity contribution in [3.05, 3.63) is 34.1 Å². The molecule has 0 saturated carbocycles. The average molecular weight is 369 g/mol. The molecule has 0 unspecified atom stereocenters. The Morgan fingerprint density at radius 3 is 2.71 bits per heavy atom. The number of carbonyl (C=O) groups excluding carboxylic acids is 1. The summed E-state index contributed by atoms with van der Waals surface area (Å²) in [5, 5.41) is 8.17. The van der Waals surface area contributed by atoms with E-state index in [1.54, 1.807) is 18.2 Å². The Kier molecular flexibility index (Phi) is 5.08. The van der Waals surface area contributed by atoms with Crippen LogP contribution in [0.4, 0.5) is 0 Å². The Morgan fingerprint density at radius 1 is 1.33 bits per heavy atom. The van der Waals surface area contributed by atoms with Gasteiger partial charge in [-0.15, -0.1) is 0 Å². The van der Waals surface area contributed by atoms with E-state index < -0.39 is 6.04 Å². The summed E-state index contributed by atoms with van der Waals surface area (Å²) in [7, 11) is 0. The van der Waals surface area contributed by atoms with Crippen molar-refractivity contribution in [2.24, 2.45) is 0 Å². The van der Waals surface area contributed by atoms with Crippen LogP contribution in [0.25, 0.3) is 11.4 Å². The fourth-order valence-electron chi connectivity index (χ4n) is 2.85. The van der Waals surface area contributed by atoms with Crippen LogP contribution in [-0.2, 0) is 4.79 Å². The largest absolute Gasteiger partial charge is 0.347 e. The molecule has 1 aromatic heterocycles. The van der Waals surface area contributed by atoms with Gasteiger partial charge in [0.25, 0.3) is 5.91 Å². The van der Waals surface area contributed by atoms with E-state index in [4.69, 9.17) is 23.2 Å². The second-order valence-corrected chi connectivity index (χ2v) is 6.94. The molecule has 3 rings (SSSR count). The number of halogens is 2. The summed E-state index contributed by atoms with van der Waals surface area (Å²) in [6.45, 7) is 3.57. The predicted molar refractivity (Wildman–Crippen MR) is 92.7 cm³/mol. The Hall–Kier alpha value is -1.63. The van der Waals surface area contributed by atoms with Crippen molar-refractivity contribution in [1.29, 1.82) is 0 Å². The fourth-order valence-corrected chi connectivity index (χ4v) is 3.34. The number of likely N-dealkylation sites (tertiary alicyclic amines) is 1. The minimum absolute atomic E-state index is 0.0717. The van der Waals surface area contributed by atoms with Gasteiger partial charge in [-0.25, -0.2) is 4.98 Å². The minimum atomic E-state index is -0.399. The number of H-pyrrole nitrogens is 1. The number of rotatable bonds is 4. The Bertz CT molecular complexity index is 742. The van der Waals surface area contributed by atoms with Gasteiger partial charge in [-0.3, -0.25) is 9.89 Å². The summed E-state index contributed by atoms with van der Waals surface area (Å²) in [5.74, 6) is 1.02. The first-order valence-corrected chi connectivity index (χ1v) is 8.72. The number of hydrogen-bond donors (Lipinski definition) is 2. The molecule has 1 aliphatic rings. The van der Waals surface area contributed by atoms with Crippen LogP contribution in [0.5, 0.6) is 0 Å². The Morgan fingerprint density at radius 2 is 2.04 bits per heavy atom. The summed E-state index contributed by atoms with van der Waals surface area (Å²) in [5.41, 5.74) is 4.74. The number of nitrogens with one attached hydrogen (secondary N) is 1. The smallest absolute Gasteiger partial charge is 0.281 e. The van der Waals surface area contributed by atoms with Gasteiger partial charge in [0, 0.05) is 23.7 Å². The molecule has 4 N–H and O–H groups in total. The summed E-state index contributed by atoms with van der Waals surface area (Å²) >= 11 is 12.1. The molecule has 0 spiro atoms. The van der Waals surface area contributed by atoms with Crippen LogP contribution < -0.4 is 5.73 Å². The lowest BCUT2D eigenvalue weighted by Gasteiger charge is -2.20. The zero-order valence-corrected chi connectivity index (χ0v) is 14.9. The monoisotopic (exact) mass is 368 g/mol. The molecular weight excluding hydrogens is 349 g/mol. The molecule has 2 atom stereocenters. The van der Waals surface area contributed by atoms with Crippen LogP contribution in [-0.4, -0.2) is 45.1 Å². The molecule has 0 bridgehead atoms. The standard InChI is InChI=1S/C16H19Cl2N5O/c1-9(13(19)16(24)23-6-2-3-7-23)14-20-15(22-21-14)11-5-4-10(17)8-12(11)18/h4-5,8-9,13H,2-3,6-7,19H2,1H3,(H,20,21,22)/p+1/t9-,13-/m0/s1. The number of aromatic nitrogens is 3. The first-order valence-electron chi connectivity index (χ1n) is 7.97. The second kappa shape index (κ2) is 7.09. The van der Waals surface area contributed by atoms with Crippen molar-refractivity contribution < 1.29 is 10.5 Å². The predicted octanol–water partition coefficient (Wildman–Crippen LogP) is 2.11. The quantitative estimate of drug-likeness (QED) is 0.865. The van der Waals surface area contributed by atoms with E-state index in [2.05, 4.69) is 20.9 Å². The van der Waals surface area contributed by atoms with Crippen molar-refractivity contribution in [3.63, 3.8) is 0 Å². The third-order valence-electron chi connectivity index (χ3n) is 4.44. The minimum Gasteiger partial charge on any atom is -0.347 e. The van der Waals surface area contributed by atoms with Crippen molar-refractivity contribution >= 4 is 29.1 Å². The molecule has 6 nitrogen and oxygen atoms in total. The van der Waals surface area contributed by atoms with E-state index in [-0.39, 0.29) is 11.8 Å². The number of nitrogens with zero attached hydrogens (tertiary/aromatic N) is 3. The second-order valence-electron chi connectivity index (χ2n) is 6.10. The maximum Gasteiger partial charge on any atom is 0.281 e. The van der Waals surface area contributed by atoms with Gasteiger partial charge in [0.2, 0.25) is 0 Å². The fraction of sp³-hybridized carbons (Fsp3) is 0.438.